The van der Waals surface area contributed by atoms with Crippen molar-refractivity contribution in [2.75, 3.05) is 42.3 Å². The van der Waals surface area contributed by atoms with Crippen LogP contribution in [-0.4, -0.2) is 65.7 Å². The van der Waals surface area contributed by atoms with Gasteiger partial charge in [0.2, 0.25) is 17.7 Å². The average molecular weight is 823 g/mol. The molecule has 3 heterocycles. The van der Waals surface area contributed by atoms with Crippen LogP contribution in [0.2, 0.25) is 0 Å². The van der Waals surface area contributed by atoms with Gasteiger partial charge in [-0.25, -0.2) is 0 Å². The SMILES string of the molecule is Nc1ccccc1NC(=O)CCCC(=O)NCc1cccc(-c2ccc([C@H]3O[C@@H](CN4CCC5(CC4)C(=O)NCN5c4ccccc4)C[C@@H](c4ccc(CO)cc4)O3)cc2)c1. The molecule has 3 atom stereocenters. The number of likely N-dealkylation sites (tertiary alicyclic amines) is 1. The summed E-state index contributed by atoms with van der Waals surface area (Å²) >= 11 is 0. The monoisotopic (exact) mass is 822 g/mol. The number of anilines is 3. The summed E-state index contributed by atoms with van der Waals surface area (Å²) < 4.78 is 13.4. The first-order valence-electron chi connectivity index (χ1n) is 21.2. The molecule has 12 heteroatoms. The van der Waals surface area contributed by atoms with Gasteiger partial charge in [-0.2, -0.15) is 0 Å². The number of nitrogen functional groups attached to an aromatic ring is 1. The molecule has 8 rings (SSSR count). The van der Waals surface area contributed by atoms with E-state index in [2.05, 4.69) is 56.1 Å². The number of carbonyl (C=O) groups is 3. The van der Waals surface area contributed by atoms with Crippen LogP contribution in [0.3, 0.4) is 0 Å². The van der Waals surface area contributed by atoms with Crippen molar-refractivity contribution < 1.29 is 29.0 Å². The van der Waals surface area contributed by atoms with Gasteiger partial charge in [0.25, 0.3) is 0 Å². The Kier molecular flexibility index (Phi) is 13.1. The zero-order chi connectivity index (χ0) is 42.2. The van der Waals surface area contributed by atoms with E-state index in [0.717, 1.165) is 65.0 Å². The van der Waals surface area contributed by atoms with Crippen molar-refractivity contribution >= 4 is 34.8 Å². The summed E-state index contributed by atoms with van der Waals surface area (Å²) in [5.41, 5.74) is 13.3. The summed E-state index contributed by atoms with van der Waals surface area (Å²) in [6.45, 7) is 3.14. The van der Waals surface area contributed by atoms with Crippen molar-refractivity contribution in [3.05, 3.63) is 150 Å². The number of nitrogens with two attached hydrogens (primary N) is 1. The fourth-order valence-electron chi connectivity index (χ4n) is 8.67. The Hall–Kier alpha value is -6.05. The smallest absolute Gasteiger partial charge is 0.247 e. The number of rotatable bonds is 14. The van der Waals surface area contributed by atoms with E-state index >= 15 is 0 Å². The molecular weight excluding hydrogens is 769 g/mol. The lowest BCUT2D eigenvalue weighted by Gasteiger charge is -2.45. The molecule has 61 heavy (non-hydrogen) atoms. The van der Waals surface area contributed by atoms with Gasteiger partial charge in [0.15, 0.2) is 6.29 Å². The summed E-state index contributed by atoms with van der Waals surface area (Å²) in [6.07, 6.45) is 2.10. The molecule has 0 aromatic heterocycles. The number of para-hydroxylation sites is 3. The van der Waals surface area contributed by atoms with Crippen molar-refractivity contribution in [1.82, 2.24) is 15.5 Å². The third-order valence-electron chi connectivity index (χ3n) is 12.1. The Morgan fingerprint density at radius 2 is 1.51 bits per heavy atom. The lowest BCUT2D eigenvalue weighted by Crippen LogP contribution is -2.57. The maximum Gasteiger partial charge on any atom is 0.247 e. The van der Waals surface area contributed by atoms with E-state index in [-0.39, 0.29) is 49.4 Å². The van der Waals surface area contributed by atoms with Gasteiger partial charge in [0.1, 0.15) is 5.54 Å². The molecule has 5 aromatic rings. The number of hydrogen-bond donors (Lipinski definition) is 5. The second-order valence-corrected chi connectivity index (χ2v) is 16.2. The van der Waals surface area contributed by atoms with Gasteiger partial charge in [-0.15, -0.1) is 0 Å². The van der Waals surface area contributed by atoms with Crippen molar-refractivity contribution in [3.63, 3.8) is 0 Å². The summed E-state index contributed by atoms with van der Waals surface area (Å²) in [7, 11) is 0. The van der Waals surface area contributed by atoms with Crippen LogP contribution in [-0.2, 0) is 37.0 Å². The van der Waals surface area contributed by atoms with E-state index in [4.69, 9.17) is 15.2 Å². The Balaban J connectivity index is 0.881. The summed E-state index contributed by atoms with van der Waals surface area (Å²) in [5.74, 6) is -0.189. The molecule has 3 aliphatic rings. The highest BCUT2D eigenvalue weighted by molar-refractivity contribution is 5.94. The zero-order valence-electron chi connectivity index (χ0n) is 34.3. The van der Waals surface area contributed by atoms with E-state index in [1.807, 2.05) is 78.9 Å². The highest BCUT2D eigenvalue weighted by Gasteiger charge is 2.50. The number of nitrogens with one attached hydrogen (secondary N) is 3. The standard InChI is InChI=1S/C49H54N6O6/c50-42-12-4-5-13-43(42)53-46(58)15-7-14-45(57)51-30-35-8-6-9-39(28-35)36-20-22-38(23-21-36)47-60-41(29-44(61-47)37-18-16-34(32-56)17-19-37)31-54-26-24-49(25-27-54)48(59)52-33-55(49)40-10-2-1-3-11-40/h1-6,8-13,16-23,28,41,44,47,56H,7,14-15,24-27,29-33,50H2,(H,51,57)(H,52,59)(H,53,58)/t41-,44+,47+/m1/s1. The van der Waals surface area contributed by atoms with E-state index in [9.17, 15) is 19.5 Å². The molecule has 12 nitrogen and oxygen atoms in total. The molecule has 0 unspecified atom stereocenters. The number of carbonyl (C=O) groups excluding carboxylic acids is 3. The molecule has 3 saturated heterocycles. The van der Waals surface area contributed by atoms with Crippen molar-refractivity contribution in [2.24, 2.45) is 0 Å². The first-order chi connectivity index (χ1) is 29.8. The molecule has 0 saturated carbocycles. The molecule has 0 bridgehead atoms. The first-order valence-corrected chi connectivity index (χ1v) is 21.2. The van der Waals surface area contributed by atoms with Crippen molar-refractivity contribution in [2.45, 2.75) is 75.7 Å². The molecule has 5 aromatic carbocycles. The number of aliphatic hydroxyl groups excluding tert-OH is 1. The van der Waals surface area contributed by atoms with Gasteiger partial charge >= 0.3 is 0 Å². The van der Waals surface area contributed by atoms with E-state index in [1.54, 1.807) is 18.2 Å². The van der Waals surface area contributed by atoms with Crippen molar-refractivity contribution in [3.8, 4) is 11.1 Å². The van der Waals surface area contributed by atoms with Crippen LogP contribution in [0.25, 0.3) is 11.1 Å². The molecule has 6 N–H and O–H groups in total. The molecule has 3 amide bonds. The summed E-state index contributed by atoms with van der Waals surface area (Å²) in [4.78, 5) is 42.9. The van der Waals surface area contributed by atoms with Gasteiger partial charge in [-0.3, -0.25) is 14.4 Å². The van der Waals surface area contributed by atoms with Crippen LogP contribution in [0.5, 0.6) is 0 Å². The predicted molar refractivity (Wildman–Crippen MR) is 236 cm³/mol. The Morgan fingerprint density at radius 3 is 2.26 bits per heavy atom. The van der Waals surface area contributed by atoms with Crippen LogP contribution >= 0.6 is 0 Å². The van der Waals surface area contributed by atoms with E-state index in [1.165, 1.54) is 0 Å². The second-order valence-electron chi connectivity index (χ2n) is 16.2. The molecular formula is C49H54N6O6. The molecule has 3 aliphatic heterocycles. The van der Waals surface area contributed by atoms with E-state index < -0.39 is 11.8 Å². The third-order valence-corrected chi connectivity index (χ3v) is 12.1. The maximum absolute atomic E-state index is 13.3. The van der Waals surface area contributed by atoms with E-state index in [0.29, 0.717) is 44.0 Å². The minimum absolute atomic E-state index is 0.0196. The Bertz CT molecular complexity index is 2280. The molecule has 1 spiro atoms. The number of benzene rings is 5. The topological polar surface area (TPSA) is 158 Å². The lowest BCUT2D eigenvalue weighted by atomic mass is 9.85. The third kappa shape index (κ3) is 9.95. The predicted octanol–water partition coefficient (Wildman–Crippen LogP) is 6.83. The fourth-order valence-corrected chi connectivity index (χ4v) is 8.67. The zero-order valence-corrected chi connectivity index (χ0v) is 34.3. The number of amides is 3. The van der Waals surface area contributed by atoms with Gasteiger partial charge in [0, 0.05) is 56.7 Å². The quantitative estimate of drug-likeness (QED) is 0.0758. The normalized spacial score (nSPS) is 20.0. The largest absolute Gasteiger partial charge is 0.397 e. The Morgan fingerprint density at radius 1 is 0.787 bits per heavy atom. The second kappa shape index (κ2) is 19.1. The van der Waals surface area contributed by atoms with Gasteiger partial charge in [-0.05, 0) is 77.4 Å². The number of ether oxygens (including phenoxy) is 2. The summed E-state index contributed by atoms with van der Waals surface area (Å²) in [6, 6.07) is 41.5. The van der Waals surface area contributed by atoms with Crippen LogP contribution in [0.4, 0.5) is 17.1 Å². The fraction of sp³-hybridized carbons (Fsp3) is 0.327. The molecule has 0 radical (unpaired) electrons. The lowest BCUT2D eigenvalue weighted by molar-refractivity contribution is -0.253. The number of piperidine rings is 1. The molecule has 0 aliphatic carbocycles. The summed E-state index contributed by atoms with van der Waals surface area (Å²) in [5, 5.41) is 18.6. The van der Waals surface area contributed by atoms with Crippen LogP contribution < -0.4 is 26.6 Å². The maximum atomic E-state index is 13.3. The van der Waals surface area contributed by atoms with Crippen LogP contribution in [0.1, 0.15) is 73.2 Å². The highest BCUT2D eigenvalue weighted by Crippen LogP contribution is 2.40. The molecule has 316 valence electrons. The van der Waals surface area contributed by atoms with Crippen molar-refractivity contribution in [1.29, 1.82) is 0 Å². The number of aliphatic hydroxyl groups is 1. The highest BCUT2D eigenvalue weighted by atomic mass is 16.7. The number of hydrogen-bond acceptors (Lipinski definition) is 9. The number of nitrogens with zero attached hydrogens (tertiary/aromatic N) is 2. The first kappa shape index (κ1) is 41.7. The van der Waals surface area contributed by atoms with Gasteiger partial charge in [-0.1, -0.05) is 97.1 Å². The van der Waals surface area contributed by atoms with Gasteiger partial charge in [0.05, 0.1) is 36.9 Å². The van der Waals surface area contributed by atoms with Crippen LogP contribution in [0, 0.1) is 0 Å². The van der Waals surface area contributed by atoms with Crippen LogP contribution in [0.15, 0.2) is 127 Å². The minimum atomic E-state index is -0.593. The average Bonchev–Trinajstić information content (AvgIpc) is 3.61. The molecule has 3 fully saturated rings. The Labute approximate surface area is 357 Å². The minimum Gasteiger partial charge on any atom is -0.397 e. The van der Waals surface area contributed by atoms with Gasteiger partial charge < -0.3 is 46.1 Å².